The molecule has 0 amide bonds. The Hall–Kier alpha value is -1.16. The van der Waals surface area contributed by atoms with Crippen LogP contribution >= 0.6 is 15.9 Å². The summed E-state index contributed by atoms with van der Waals surface area (Å²) < 4.78 is 13.8. The molecule has 1 heterocycles. The average molecular weight is 281 g/mol. The molecule has 0 atom stereocenters. The summed E-state index contributed by atoms with van der Waals surface area (Å²) in [6, 6.07) is 7.08. The normalized spacial score (nSPS) is 15.4. The second kappa shape index (κ2) is 3.70. The Morgan fingerprint density at radius 1 is 1.31 bits per heavy atom. The van der Waals surface area contributed by atoms with E-state index in [0.29, 0.717) is 10.4 Å². The molecule has 1 saturated carbocycles. The quantitative estimate of drug-likeness (QED) is 0.889. The van der Waals surface area contributed by atoms with Crippen LogP contribution in [0.2, 0.25) is 0 Å². The number of aromatic nitrogens is 2. The maximum absolute atomic E-state index is 13.4. The van der Waals surface area contributed by atoms with Gasteiger partial charge in [-0.2, -0.15) is 5.10 Å². The fourth-order valence-electron chi connectivity index (χ4n) is 1.74. The fourth-order valence-corrected chi connectivity index (χ4v) is 1.99. The van der Waals surface area contributed by atoms with E-state index in [1.165, 1.54) is 24.6 Å². The molecular formula is C12H10BrFN2. The van der Waals surface area contributed by atoms with E-state index in [4.69, 9.17) is 0 Å². The van der Waals surface area contributed by atoms with E-state index in [1.54, 1.807) is 6.07 Å². The molecule has 1 aliphatic rings. The molecule has 1 aromatic carbocycles. The Bertz CT molecular complexity index is 532. The Labute approximate surface area is 101 Å². The van der Waals surface area contributed by atoms with Crippen LogP contribution in [0, 0.1) is 5.82 Å². The van der Waals surface area contributed by atoms with Crippen molar-refractivity contribution in [2.24, 2.45) is 0 Å². The van der Waals surface area contributed by atoms with Crippen LogP contribution in [0.5, 0.6) is 0 Å². The second-order valence-corrected chi connectivity index (χ2v) is 4.97. The van der Waals surface area contributed by atoms with Crippen LogP contribution in [0.3, 0.4) is 0 Å². The Kier molecular flexibility index (Phi) is 2.32. The third-order valence-corrected chi connectivity index (χ3v) is 3.47. The van der Waals surface area contributed by atoms with Crippen molar-refractivity contribution in [1.29, 1.82) is 0 Å². The van der Waals surface area contributed by atoms with Gasteiger partial charge in [0, 0.05) is 17.2 Å². The van der Waals surface area contributed by atoms with E-state index in [0.717, 1.165) is 11.3 Å². The van der Waals surface area contributed by atoms with Crippen molar-refractivity contribution in [2.75, 3.05) is 0 Å². The SMILES string of the molecule is Fc1cc(-c2cc(C3CC3)[nH]n2)ccc1Br. The number of nitrogens with one attached hydrogen (secondary N) is 1. The predicted molar refractivity (Wildman–Crippen MR) is 63.7 cm³/mol. The minimum Gasteiger partial charge on any atom is -0.282 e. The summed E-state index contributed by atoms with van der Waals surface area (Å²) in [7, 11) is 0. The fraction of sp³-hybridized carbons (Fsp3) is 0.250. The summed E-state index contributed by atoms with van der Waals surface area (Å²) in [5, 5.41) is 7.23. The van der Waals surface area contributed by atoms with Crippen LogP contribution in [0.25, 0.3) is 11.3 Å². The van der Waals surface area contributed by atoms with Gasteiger partial charge in [0.05, 0.1) is 10.2 Å². The lowest BCUT2D eigenvalue weighted by Crippen LogP contribution is -1.81. The van der Waals surface area contributed by atoms with Gasteiger partial charge in [-0.15, -0.1) is 0 Å². The molecule has 16 heavy (non-hydrogen) atoms. The number of aromatic amines is 1. The minimum atomic E-state index is -0.256. The number of benzene rings is 1. The first-order valence-electron chi connectivity index (χ1n) is 5.25. The Morgan fingerprint density at radius 2 is 2.12 bits per heavy atom. The van der Waals surface area contributed by atoms with Crippen molar-refractivity contribution in [3.8, 4) is 11.3 Å². The standard InChI is InChI=1S/C12H10BrFN2/c13-9-4-3-8(5-10(9)14)12-6-11(15-16-12)7-1-2-7/h3-7H,1-2H2,(H,15,16). The van der Waals surface area contributed by atoms with E-state index >= 15 is 0 Å². The zero-order valence-electron chi connectivity index (χ0n) is 8.50. The van der Waals surface area contributed by atoms with Gasteiger partial charge >= 0.3 is 0 Å². The molecule has 1 aliphatic carbocycles. The minimum absolute atomic E-state index is 0.256. The molecule has 1 N–H and O–H groups in total. The molecule has 0 spiro atoms. The van der Waals surface area contributed by atoms with Crippen molar-refractivity contribution in [3.63, 3.8) is 0 Å². The van der Waals surface area contributed by atoms with Crippen LogP contribution in [0.4, 0.5) is 4.39 Å². The number of H-pyrrole nitrogens is 1. The smallest absolute Gasteiger partial charge is 0.138 e. The molecule has 0 unspecified atom stereocenters. The zero-order valence-corrected chi connectivity index (χ0v) is 10.1. The molecule has 3 rings (SSSR count). The van der Waals surface area contributed by atoms with Crippen LogP contribution in [-0.2, 0) is 0 Å². The van der Waals surface area contributed by atoms with Gasteiger partial charge in [0.25, 0.3) is 0 Å². The highest BCUT2D eigenvalue weighted by Crippen LogP contribution is 2.40. The number of nitrogens with zero attached hydrogens (tertiary/aromatic N) is 1. The molecule has 0 saturated heterocycles. The van der Waals surface area contributed by atoms with Gasteiger partial charge in [0.15, 0.2) is 0 Å². The van der Waals surface area contributed by atoms with E-state index in [-0.39, 0.29) is 5.82 Å². The van der Waals surface area contributed by atoms with E-state index in [2.05, 4.69) is 26.1 Å². The molecule has 1 fully saturated rings. The number of hydrogen-bond acceptors (Lipinski definition) is 1. The molecule has 0 aliphatic heterocycles. The van der Waals surface area contributed by atoms with Gasteiger partial charge < -0.3 is 0 Å². The van der Waals surface area contributed by atoms with Crippen LogP contribution in [0.1, 0.15) is 24.5 Å². The summed E-state index contributed by atoms with van der Waals surface area (Å²) in [5.74, 6) is 0.384. The molecular weight excluding hydrogens is 271 g/mol. The first kappa shape index (κ1) is 10.0. The maximum Gasteiger partial charge on any atom is 0.138 e. The highest BCUT2D eigenvalue weighted by atomic mass is 79.9. The predicted octanol–water partition coefficient (Wildman–Crippen LogP) is 3.86. The number of hydrogen-bond donors (Lipinski definition) is 1. The van der Waals surface area contributed by atoms with Crippen molar-refractivity contribution in [1.82, 2.24) is 10.2 Å². The Balaban J connectivity index is 1.97. The zero-order chi connectivity index (χ0) is 11.1. The van der Waals surface area contributed by atoms with Gasteiger partial charge in [-0.3, -0.25) is 5.10 Å². The van der Waals surface area contributed by atoms with E-state index in [1.807, 2.05) is 12.1 Å². The van der Waals surface area contributed by atoms with Crippen LogP contribution in [-0.4, -0.2) is 10.2 Å². The largest absolute Gasteiger partial charge is 0.282 e. The number of rotatable bonds is 2. The molecule has 0 bridgehead atoms. The van der Waals surface area contributed by atoms with Gasteiger partial charge in [-0.25, -0.2) is 4.39 Å². The van der Waals surface area contributed by atoms with Crippen molar-refractivity contribution >= 4 is 15.9 Å². The number of halogens is 2. The third kappa shape index (κ3) is 1.78. The summed E-state index contributed by atoms with van der Waals surface area (Å²) in [6.07, 6.45) is 2.46. The molecule has 2 aromatic rings. The summed E-state index contributed by atoms with van der Waals surface area (Å²) in [5.41, 5.74) is 2.79. The van der Waals surface area contributed by atoms with E-state index in [9.17, 15) is 4.39 Å². The molecule has 2 nitrogen and oxygen atoms in total. The molecule has 1 aromatic heterocycles. The maximum atomic E-state index is 13.4. The second-order valence-electron chi connectivity index (χ2n) is 4.11. The van der Waals surface area contributed by atoms with Crippen molar-refractivity contribution in [3.05, 3.63) is 40.2 Å². The first-order chi connectivity index (χ1) is 7.74. The van der Waals surface area contributed by atoms with Gasteiger partial charge in [0.1, 0.15) is 5.82 Å². The highest BCUT2D eigenvalue weighted by Gasteiger charge is 2.25. The van der Waals surface area contributed by atoms with Crippen molar-refractivity contribution in [2.45, 2.75) is 18.8 Å². The first-order valence-corrected chi connectivity index (χ1v) is 6.04. The Morgan fingerprint density at radius 3 is 2.81 bits per heavy atom. The lowest BCUT2D eigenvalue weighted by atomic mass is 10.1. The van der Waals surface area contributed by atoms with Gasteiger partial charge in [-0.1, -0.05) is 6.07 Å². The van der Waals surface area contributed by atoms with E-state index < -0.39 is 0 Å². The molecule has 0 radical (unpaired) electrons. The highest BCUT2D eigenvalue weighted by molar-refractivity contribution is 9.10. The molecule has 4 heteroatoms. The van der Waals surface area contributed by atoms with Crippen LogP contribution < -0.4 is 0 Å². The van der Waals surface area contributed by atoms with Crippen molar-refractivity contribution < 1.29 is 4.39 Å². The van der Waals surface area contributed by atoms with Gasteiger partial charge in [0.2, 0.25) is 0 Å². The summed E-state index contributed by atoms with van der Waals surface area (Å²) in [4.78, 5) is 0. The monoisotopic (exact) mass is 280 g/mol. The summed E-state index contributed by atoms with van der Waals surface area (Å²) >= 11 is 3.14. The lowest BCUT2D eigenvalue weighted by molar-refractivity contribution is 0.621. The van der Waals surface area contributed by atoms with Gasteiger partial charge in [-0.05, 0) is 47.0 Å². The molecule has 82 valence electrons. The van der Waals surface area contributed by atoms with Crippen LogP contribution in [0.15, 0.2) is 28.7 Å². The lowest BCUT2D eigenvalue weighted by Gasteiger charge is -1.98. The third-order valence-electron chi connectivity index (χ3n) is 2.83. The topological polar surface area (TPSA) is 28.7 Å². The summed E-state index contributed by atoms with van der Waals surface area (Å²) in [6.45, 7) is 0. The average Bonchev–Trinajstić information content (AvgIpc) is 3.01.